The number of carbonyl (C=O) groups excluding carboxylic acids is 2. The van der Waals surface area contributed by atoms with E-state index in [0.29, 0.717) is 34.5 Å². The second-order valence-electron chi connectivity index (χ2n) is 8.53. The van der Waals surface area contributed by atoms with Gasteiger partial charge in [0.15, 0.2) is 12.3 Å². The molecule has 1 aromatic heterocycles. The van der Waals surface area contributed by atoms with Gasteiger partial charge in [-0.1, -0.05) is 43.4 Å². The van der Waals surface area contributed by atoms with E-state index < -0.39 is 12.3 Å². The SMILES string of the molecule is CCN1C(=O)N(CC)C2Nn3c(s/c(=C4\C(=O)N(CC(C)C)c5ccccc54)c3=O)=NC21. The molecule has 3 amide bonds. The topological polar surface area (TPSA) is 90.3 Å². The molecular weight excluding hydrogens is 428 g/mol. The Morgan fingerprint density at radius 1 is 1.09 bits per heavy atom. The first-order valence-electron chi connectivity index (χ1n) is 11.0. The molecule has 1 saturated heterocycles. The van der Waals surface area contributed by atoms with Crippen LogP contribution in [-0.2, 0) is 4.79 Å². The summed E-state index contributed by atoms with van der Waals surface area (Å²) in [6, 6.07) is 7.50. The minimum atomic E-state index is -0.422. The second kappa shape index (κ2) is 7.47. The molecule has 1 fully saturated rings. The molecule has 0 bridgehead atoms. The van der Waals surface area contributed by atoms with Crippen molar-refractivity contribution in [3.8, 4) is 0 Å². The number of hydrogen-bond donors (Lipinski definition) is 1. The van der Waals surface area contributed by atoms with Gasteiger partial charge in [-0.2, -0.15) is 4.68 Å². The lowest BCUT2D eigenvalue weighted by Crippen LogP contribution is -2.55. The Hall–Kier alpha value is -3.14. The van der Waals surface area contributed by atoms with Crippen LogP contribution in [0.5, 0.6) is 0 Å². The van der Waals surface area contributed by atoms with Crippen molar-refractivity contribution in [2.24, 2.45) is 10.9 Å². The molecule has 0 radical (unpaired) electrons. The Morgan fingerprint density at radius 3 is 2.50 bits per heavy atom. The maximum atomic E-state index is 13.4. The van der Waals surface area contributed by atoms with Gasteiger partial charge in [0, 0.05) is 25.2 Å². The Morgan fingerprint density at radius 2 is 1.81 bits per heavy atom. The Labute approximate surface area is 189 Å². The fourth-order valence-corrected chi connectivity index (χ4v) is 5.72. The van der Waals surface area contributed by atoms with E-state index in [-0.39, 0.29) is 23.4 Å². The van der Waals surface area contributed by atoms with E-state index in [1.165, 1.54) is 16.0 Å². The summed E-state index contributed by atoms with van der Waals surface area (Å²) in [4.78, 5) is 49.9. The standard InChI is InChI=1S/C22H26N6O3S/c1-5-25-17-18(26(6-2)22(25)31)24-28-20(30)16(32-21(28)23-17)15-13-9-7-8-10-14(13)27(19(15)29)11-12(3)4/h7-10,12,17-18,24H,5-6,11H2,1-4H3/b16-15-. The number of anilines is 1. The summed E-state index contributed by atoms with van der Waals surface area (Å²) < 4.78 is 1.77. The molecule has 10 heteroatoms. The highest BCUT2D eigenvalue weighted by molar-refractivity contribution is 7.07. The molecule has 32 heavy (non-hydrogen) atoms. The number of fused-ring (bicyclic) bond motifs is 3. The van der Waals surface area contributed by atoms with Crippen molar-refractivity contribution < 1.29 is 9.59 Å². The van der Waals surface area contributed by atoms with Gasteiger partial charge in [-0.25, -0.2) is 9.79 Å². The van der Waals surface area contributed by atoms with E-state index in [0.717, 1.165) is 11.3 Å². The van der Waals surface area contributed by atoms with E-state index >= 15 is 0 Å². The van der Waals surface area contributed by atoms with Gasteiger partial charge in [-0.05, 0) is 25.8 Å². The number of amides is 3. The van der Waals surface area contributed by atoms with Crippen LogP contribution in [0.1, 0.15) is 33.3 Å². The summed E-state index contributed by atoms with van der Waals surface area (Å²) in [5, 5.41) is 0. The van der Waals surface area contributed by atoms with Gasteiger partial charge >= 0.3 is 6.03 Å². The van der Waals surface area contributed by atoms with E-state index in [1.807, 2.05) is 38.1 Å². The smallest absolute Gasteiger partial charge is 0.307 e. The molecule has 1 N–H and O–H groups in total. The molecule has 3 aliphatic heterocycles. The van der Waals surface area contributed by atoms with Crippen LogP contribution in [0.3, 0.4) is 0 Å². The minimum absolute atomic E-state index is 0.0942. The van der Waals surface area contributed by atoms with Gasteiger partial charge in [-0.15, -0.1) is 0 Å². The van der Waals surface area contributed by atoms with E-state index in [4.69, 9.17) is 4.99 Å². The monoisotopic (exact) mass is 454 g/mol. The van der Waals surface area contributed by atoms with Gasteiger partial charge in [0.1, 0.15) is 4.53 Å². The highest BCUT2D eigenvalue weighted by Gasteiger charge is 2.47. The Kier molecular flexibility index (Phi) is 4.85. The van der Waals surface area contributed by atoms with E-state index in [9.17, 15) is 14.4 Å². The van der Waals surface area contributed by atoms with Crippen LogP contribution < -0.4 is 25.2 Å². The quantitative estimate of drug-likeness (QED) is 0.737. The zero-order valence-corrected chi connectivity index (χ0v) is 19.3. The molecule has 4 heterocycles. The molecule has 2 unspecified atom stereocenters. The first kappa shape index (κ1) is 20.7. The molecule has 0 aliphatic carbocycles. The number of benzene rings is 1. The Balaban J connectivity index is 1.70. The van der Waals surface area contributed by atoms with Crippen LogP contribution in [0, 0.1) is 5.92 Å². The maximum absolute atomic E-state index is 13.4. The van der Waals surface area contributed by atoms with Crippen molar-refractivity contribution in [3.05, 3.63) is 49.5 Å². The van der Waals surface area contributed by atoms with Crippen LogP contribution in [0.15, 0.2) is 34.1 Å². The van der Waals surface area contributed by atoms with Crippen molar-refractivity contribution >= 4 is 34.5 Å². The predicted octanol–water partition coefficient (Wildman–Crippen LogP) is 0.718. The van der Waals surface area contributed by atoms with Gasteiger partial charge in [0.05, 0.1) is 11.3 Å². The average molecular weight is 455 g/mol. The average Bonchev–Trinajstić information content (AvgIpc) is 3.33. The molecule has 3 aliphatic rings. The number of urea groups is 1. The van der Waals surface area contributed by atoms with Gasteiger partial charge in [0.25, 0.3) is 11.5 Å². The molecule has 5 rings (SSSR count). The van der Waals surface area contributed by atoms with Crippen molar-refractivity contribution in [2.75, 3.05) is 30.0 Å². The van der Waals surface area contributed by atoms with E-state index in [2.05, 4.69) is 19.3 Å². The molecule has 0 saturated carbocycles. The van der Waals surface area contributed by atoms with Crippen LogP contribution in [-0.4, -0.2) is 58.4 Å². The van der Waals surface area contributed by atoms with E-state index in [1.54, 1.807) is 14.7 Å². The lowest BCUT2D eigenvalue weighted by molar-refractivity contribution is -0.113. The number of likely N-dealkylation sites (N-methyl/N-ethyl adjacent to an activating group) is 2. The Bertz CT molecular complexity index is 1300. The van der Waals surface area contributed by atoms with Crippen LogP contribution >= 0.6 is 11.3 Å². The van der Waals surface area contributed by atoms with Crippen molar-refractivity contribution in [1.82, 2.24) is 14.5 Å². The molecule has 9 nitrogen and oxygen atoms in total. The van der Waals surface area contributed by atoms with Crippen LogP contribution in [0.2, 0.25) is 0 Å². The van der Waals surface area contributed by atoms with Crippen molar-refractivity contribution in [2.45, 2.75) is 40.0 Å². The van der Waals surface area contributed by atoms with Crippen LogP contribution in [0.25, 0.3) is 5.57 Å². The number of nitrogens with zero attached hydrogens (tertiary/aromatic N) is 5. The largest absolute Gasteiger partial charge is 0.323 e. The molecular formula is C22H26N6O3S. The molecule has 1 aromatic carbocycles. The summed E-state index contributed by atoms with van der Waals surface area (Å²) in [5.41, 5.74) is 4.92. The number of aromatic nitrogens is 1. The number of nitrogens with one attached hydrogen (secondary N) is 1. The highest BCUT2D eigenvalue weighted by Crippen LogP contribution is 2.35. The van der Waals surface area contributed by atoms with Gasteiger partial charge in [0.2, 0.25) is 4.80 Å². The lowest BCUT2D eigenvalue weighted by Gasteiger charge is -2.28. The summed E-state index contributed by atoms with van der Waals surface area (Å²) in [6.45, 7) is 9.56. The zero-order chi connectivity index (χ0) is 22.7. The number of hydrogen-bond acceptors (Lipinski definition) is 6. The molecule has 2 atom stereocenters. The number of rotatable bonds is 4. The fourth-order valence-electron chi connectivity index (χ4n) is 4.68. The fraction of sp³-hybridized carbons (Fsp3) is 0.455. The number of carbonyl (C=O) groups is 2. The third-order valence-corrected chi connectivity index (χ3v) is 7.15. The van der Waals surface area contributed by atoms with Crippen molar-refractivity contribution in [3.63, 3.8) is 0 Å². The summed E-state index contributed by atoms with van der Waals surface area (Å²) in [6.07, 6.45) is -0.832. The molecule has 2 aromatic rings. The third-order valence-electron chi connectivity index (χ3n) is 6.09. The summed E-state index contributed by atoms with van der Waals surface area (Å²) in [7, 11) is 0. The van der Waals surface area contributed by atoms with Crippen LogP contribution in [0.4, 0.5) is 10.5 Å². The lowest BCUT2D eigenvalue weighted by atomic mass is 10.1. The maximum Gasteiger partial charge on any atom is 0.323 e. The highest BCUT2D eigenvalue weighted by atomic mass is 32.1. The minimum Gasteiger partial charge on any atom is -0.307 e. The van der Waals surface area contributed by atoms with Gasteiger partial charge in [-0.3, -0.25) is 24.8 Å². The summed E-state index contributed by atoms with van der Waals surface area (Å²) in [5.74, 6) is 0.134. The normalized spacial score (nSPS) is 23.3. The number of thiazole rings is 1. The first-order valence-corrected chi connectivity index (χ1v) is 11.8. The number of para-hydroxylation sites is 1. The van der Waals surface area contributed by atoms with Crippen molar-refractivity contribution in [1.29, 1.82) is 0 Å². The molecule has 0 spiro atoms. The summed E-state index contributed by atoms with van der Waals surface area (Å²) >= 11 is 1.20. The predicted molar refractivity (Wildman–Crippen MR) is 123 cm³/mol. The second-order valence-corrected chi connectivity index (χ2v) is 9.50. The zero-order valence-electron chi connectivity index (χ0n) is 18.5. The third kappa shape index (κ3) is 2.82. The first-order chi connectivity index (χ1) is 15.4. The molecule has 168 valence electrons. The van der Waals surface area contributed by atoms with Gasteiger partial charge < -0.3 is 4.90 Å².